The van der Waals surface area contributed by atoms with Crippen LogP contribution < -0.4 is 16.8 Å². The molecule has 0 saturated carbocycles. The predicted octanol–water partition coefficient (Wildman–Crippen LogP) is 1.19. The molecule has 0 radical (unpaired) electrons. The lowest BCUT2D eigenvalue weighted by molar-refractivity contribution is -0.113. The largest absolute Gasteiger partial charge is 0.366 e. The fourth-order valence-electron chi connectivity index (χ4n) is 1.45. The van der Waals surface area contributed by atoms with Crippen LogP contribution in [0.1, 0.15) is 23.7 Å². The summed E-state index contributed by atoms with van der Waals surface area (Å²) in [6.45, 7) is 2.68. The lowest BCUT2D eigenvalue weighted by Gasteiger charge is -2.10. The molecule has 5 nitrogen and oxygen atoms in total. The van der Waals surface area contributed by atoms with Crippen molar-refractivity contribution in [3.8, 4) is 0 Å². The highest BCUT2D eigenvalue weighted by Crippen LogP contribution is 2.14. The maximum atomic E-state index is 11.7. The molecule has 1 unspecified atom stereocenters. The van der Waals surface area contributed by atoms with Gasteiger partial charge in [0.15, 0.2) is 0 Å². The van der Waals surface area contributed by atoms with E-state index in [0.29, 0.717) is 28.8 Å². The van der Waals surface area contributed by atoms with E-state index in [1.54, 1.807) is 36.0 Å². The number of rotatable bonds is 7. The van der Waals surface area contributed by atoms with Crippen molar-refractivity contribution in [2.75, 3.05) is 17.6 Å². The van der Waals surface area contributed by atoms with Crippen molar-refractivity contribution in [1.82, 2.24) is 0 Å². The molecule has 1 aromatic rings. The molecule has 0 aromatic heterocycles. The Morgan fingerprint density at radius 2 is 1.95 bits per heavy atom. The summed E-state index contributed by atoms with van der Waals surface area (Å²) in [5.41, 5.74) is 11.7. The molecule has 0 fully saturated rings. The van der Waals surface area contributed by atoms with E-state index >= 15 is 0 Å². The predicted molar refractivity (Wildman–Crippen MR) is 79.2 cm³/mol. The van der Waals surface area contributed by atoms with E-state index in [0.717, 1.165) is 6.42 Å². The lowest BCUT2D eigenvalue weighted by Crippen LogP contribution is -2.17. The first kappa shape index (κ1) is 15.5. The maximum Gasteiger partial charge on any atom is 0.248 e. The summed E-state index contributed by atoms with van der Waals surface area (Å²) in [6, 6.07) is 6.49. The van der Waals surface area contributed by atoms with E-state index in [-0.39, 0.29) is 5.91 Å². The van der Waals surface area contributed by atoms with Crippen molar-refractivity contribution in [1.29, 1.82) is 0 Å². The van der Waals surface area contributed by atoms with Crippen LogP contribution in [0.25, 0.3) is 0 Å². The minimum atomic E-state index is -0.482. The molecular formula is C13H19N3O2S. The fraction of sp³-hybridized carbons (Fsp3) is 0.385. The van der Waals surface area contributed by atoms with Gasteiger partial charge in [-0.15, -0.1) is 11.8 Å². The summed E-state index contributed by atoms with van der Waals surface area (Å²) in [5, 5.41) is 3.13. The second-order valence-electron chi connectivity index (χ2n) is 4.19. The molecule has 2 amide bonds. The smallest absolute Gasteiger partial charge is 0.248 e. The van der Waals surface area contributed by atoms with E-state index in [1.807, 2.05) is 6.92 Å². The number of nitrogens with one attached hydrogen (secondary N) is 1. The van der Waals surface area contributed by atoms with Gasteiger partial charge in [-0.2, -0.15) is 0 Å². The van der Waals surface area contributed by atoms with E-state index in [9.17, 15) is 9.59 Å². The van der Waals surface area contributed by atoms with Gasteiger partial charge in [0.2, 0.25) is 11.8 Å². The van der Waals surface area contributed by atoms with Gasteiger partial charge in [0.1, 0.15) is 0 Å². The van der Waals surface area contributed by atoms with Crippen LogP contribution >= 0.6 is 11.8 Å². The summed E-state index contributed by atoms with van der Waals surface area (Å²) >= 11 is 1.57. The van der Waals surface area contributed by atoms with Gasteiger partial charge in [-0.3, -0.25) is 9.59 Å². The number of thioether (sulfide) groups is 1. The highest BCUT2D eigenvalue weighted by molar-refractivity contribution is 8.00. The Kier molecular flexibility index (Phi) is 6.38. The minimum Gasteiger partial charge on any atom is -0.366 e. The van der Waals surface area contributed by atoms with Crippen LogP contribution in [-0.4, -0.2) is 29.4 Å². The molecule has 0 aliphatic heterocycles. The van der Waals surface area contributed by atoms with E-state index in [4.69, 9.17) is 11.5 Å². The topological polar surface area (TPSA) is 98.2 Å². The van der Waals surface area contributed by atoms with Crippen LogP contribution in [0.2, 0.25) is 0 Å². The molecule has 0 aliphatic carbocycles. The van der Waals surface area contributed by atoms with Crippen molar-refractivity contribution < 1.29 is 9.59 Å². The van der Waals surface area contributed by atoms with Crippen LogP contribution in [0.5, 0.6) is 0 Å². The standard InChI is InChI=1S/C13H19N3O2S/c1-9(6-7-14)19-8-12(17)16-11-4-2-10(3-5-11)13(15)18/h2-5,9H,6-8,14H2,1H3,(H2,15,18)(H,16,17). The summed E-state index contributed by atoms with van der Waals surface area (Å²) in [5.74, 6) is -0.164. The Bertz CT molecular complexity index is 434. The van der Waals surface area contributed by atoms with Crippen LogP contribution in [-0.2, 0) is 4.79 Å². The number of carbonyl (C=O) groups is 2. The van der Waals surface area contributed by atoms with Gasteiger partial charge >= 0.3 is 0 Å². The molecule has 0 heterocycles. The van der Waals surface area contributed by atoms with Crippen molar-refractivity contribution in [3.05, 3.63) is 29.8 Å². The van der Waals surface area contributed by atoms with Crippen molar-refractivity contribution in [3.63, 3.8) is 0 Å². The SMILES string of the molecule is CC(CCN)SCC(=O)Nc1ccc(C(N)=O)cc1. The fourth-order valence-corrected chi connectivity index (χ4v) is 2.26. The van der Waals surface area contributed by atoms with Crippen molar-refractivity contribution >= 4 is 29.3 Å². The summed E-state index contributed by atoms with van der Waals surface area (Å²) < 4.78 is 0. The van der Waals surface area contributed by atoms with Crippen molar-refractivity contribution in [2.24, 2.45) is 11.5 Å². The monoisotopic (exact) mass is 281 g/mol. The van der Waals surface area contributed by atoms with Gasteiger partial charge in [-0.25, -0.2) is 0 Å². The van der Waals surface area contributed by atoms with E-state index in [2.05, 4.69) is 5.32 Å². The van der Waals surface area contributed by atoms with Crippen LogP contribution in [0, 0.1) is 0 Å². The molecule has 104 valence electrons. The zero-order chi connectivity index (χ0) is 14.3. The normalized spacial score (nSPS) is 11.9. The van der Waals surface area contributed by atoms with Gasteiger partial charge in [-0.05, 0) is 37.2 Å². The van der Waals surface area contributed by atoms with Gasteiger partial charge < -0.3 is 16.8 Å². The first-order chi connectivity index (χ1) is 9.02. The van der Waals surface area contributed by atoms with Crippen LogP contribution in [0.3, 0.4) is 0 Å². The average molecular weight is 281 g/mol. The second-order valence-corrected chi connectivity index (χ2v) is 5.62. The number of nitrogens with two attached hydrogens (primary N) is 2. The van der Waals surface area contributed by atoms with Crippen LogP contribution in [0.4, 0.5) is 5.69 Å². The Balaban J connectivity index is 2.42. The first-order valence-corrected chi connectivity index (χ1v) is 7.09. The number of hydrogen-bond acceptors (Lipinski definition) is 4. The number of hydrogen-bond donors (Lipinski definition) is 3. The zero-order valence-corrected chi connectivity index (χ0v) is 11.7. The third kappa shape index (κ3) is 5.76. The Morgan fingerprint density at radius 1 is 1.32 bits per heavy atom. The van der Waals surface area contributed by atoms with Gasteiger partial charge in [0, 0.05) is 16.5 Å². The molecule has 0 saturated heterocycles. The highest BCUT2D eigenvalue weighted by atomic mass is 32.2. The van der Waals surface area contributed by atoms with Gasteiger partial charge in [-0.1, -0.05) is 6.92 Å². The van der Waals surface area contributed by atoms with Crippen molar-refractivity contribution in [2.45, 2.75) is 18.6 Å². The molecule has 1 aromatic carbocycles. The third-order valence-corrected chi connectivity index (χ3v) is 3.76. The Labute approximate surface area is 117 Å². The minimum absolute atomic E-state index is 0.0688. The van der Waals surface area contributed by atoms with E-state index < -0.39 is 5.91 Å². The molecule has 5 N–H and O–H groups in total. The number of anilines is 1. The molecule has 0 aliphatic rings. The highest BCUT2D eigenvalue weighted by Gasteiger charge is 2.07. The van der Waals surface area contributed by atoms with E-state index in [1.165, 1.54) is 0 Å². The Hall–Kier alpha value is -1.53. The second kappa shape index (κ2) is 7.81. The lowest BCUT2D eigenvalue weighted by atomic mass is 10.2. The first-order valence-electron chi connectivity index (χ1n) is 6.04. The number of benzene rings is 1. The molecule has 0 bridgehead atoms. The van der Waals surface area contributed by atoms with Gasteiger partial charge in [0.05, 0.1) is 5.75 Å². The number of amides is 2. The number of primary amides is 1. The average Bonchev–Trinajstić information content (AvgIpc) is 2.37. The summed E-state index contributed by atoms with van der Waals surface area (Å²) in [7, 11) is 0. The van der Waals surface area contributed by atoms with Gasteiger partial charge in [0.25, 0.3) is 0 Å². The molecule has 6 heteroatoms. The summed E-state index contributed by atoms with van der Waals surface area (Å²) in [4.78, 5) is 22.6. The summed E-state index contributed by atoms with van der Waals surface area (Å²) in [6.07, 6.45) is 0.894. The molecule has 19 heavy (non-hydrogen) atoms. The molecule has 1 atom stereocenters. The molecular weight excluding hydrogens is 262 g/mol. The third-order valence-electron chi connectivity index (χ3n) is 2.53. The molecule has 1 rings (SSSR count). The maximum absolute atomic E-state index is 11.7. The Morgan fingerprint density at radius 3 is 2.47 bits per heavy atom. The quantitative estimate of drug-likeness (QED) is 0.699. The molecule has 0 spiro atoms. The zero-order valence-electron chi connectivity index (χ0n) is 10.9. The van der Waals surface area contributed by atoms with Crippen LogP contribution in [0.15, 0.2) is 24.3 Å². The number of carbonyl (C=O) groups excluding carboxylic acids is 2.